The van der Waals surface area contributed by atoms with Crippen LogP contribution in [0.2, 0.25) is 5.02 Å². The van der Waals surface area contributed by atoms with Crippen LogP contribution in [0.4, 0.5) is 5.69 Å². The number of amidine groups is 1. The molecule has 0 aromatic heterocycles. The summed E-state index contributed by atoms with van der Waals surface area (Å²) in [6.45, 7) is 1.95. The van der Waals surface area contributed by atoms with E-state index in [1.165, 1.54) is 11.8 Å². The van der Waals surface area contributed by atoms with E-state index >= 15 is 0 Å². The van der Waals surface area contributed by atoms with Crippen molar-refractivity contribution in [2.45, 2.75) is 6.92 Å². The Bertz CT molecular complexity index is 848. The number of carbonyl (C=O) groups is 1. The lowest BCUT2D eigenvalue weighted by molar-refractivity contribution is -0.115. The van der Waals surface area contributed by atoms with Crippen LogP contribution >= 0.6 is 39.3 Å². The van der Waals surface area contributed by atoms with Gasteiger partial charge >= 0.3 is 0 Å². The number of benzene rings is 2. The van der Waals surface area contributed by atoms with E-state index in [-0.39, 0.29) is 5.91 Å². The van der Waals surface area contributed by atoms with Crippen molar-refractivity contribution in [1.82, 2.24) is 5.32 Å². The topological polar surface area (TPSA) is 41.5 Å². The first kappa shape index (κ1) is 16.3. The maximum absolute atomic E-state index is 12.1. The van der Waals surface area contributed by atoms with Crippen molar-refractivity contribution < 1.29 is 4.79 Å². The fourth-order valence-corrected chi connectivity index (χ4v) is 3.46. The largest absolute Gasteiger partial charge is 0.300 e. The number of thioether (sulfide) groups is 1. The van der Waals surface area contributed by atoms with Crippen LogP contribution in [-0.4, -0.2) is 11.1 Å². The van der Waals surface area contributed by atoms with Crippen LogP contribution in [0.1, 0.15) is 11.1 Å². The molecule has 1 saturated heterocycles. The second-order valence-electron chi connectivity index (χ2n) is 4.97. The predicted molar refractivity (Wildman–Crippen MR) is 101 cm³/mol. The number of rotatable bonds is 2. The molecule has 116 valence electrons. The van der Waals surface area contributed by atoms with Crippen molar-refractivity contribution in [2.75, 3.05) is 0 Å². The molecule has 2 aromatic carbocycles. The van der Waals surface area contributed by atoms with Gasteiger partial charge in [-0.25, -0.2) is 4.99 Å². The Morgan fingerprint density at radius 2 is 2.09 bits per heavy atom. The van der Waals surface area contributed by atoms with Gasteiger partial charge in [0.25, 0.3) is 5.91 Å². The Balaban J connectivity index is 1.87. The van der Waals surface area contributed by atoms with Gasteiger partial charge in [-0.05, 0) is 60.2 Å². The third-order valence-corrected chi connectivity index (χ3v) is 4.83. The van der Waals surface area contributed by atoms with Gasteiger partial charge in [-0.15, -0.1) is 0 Å². The number of hydrogen-bond acceptors (Lipinski definition) is 3. The number of aryl methyl sites for hydroxylation is 1. The molecule has 0 spiro atoms. The number of aliphatic imine (C=N–C) groups is 1. The molecule has 0 saturated carbocycles. The first-order valence-electron chi connectivity index (χ1n) is 6.82. The SMILES string of the molecule is Cc1ccc(Cl)cc1N=C1NC(=O)/C(=C/c2cccc(Br)c2)S1. The summed E-state index contributed by atoms with van der Waals surface area (Å²) in [6.07, 6.45) is 1.85. The Hall–Kier alpha value is -1.56. The minimum atomic E-state index is -0.145. The molecule has 0 radical (unpaired) electrons. The molecule has 3 nitrogen and oxygen atoms in total. The van der Waals surface area contributed by atoms with E-state index in [2.05, 4.69) is 26.2 Å². The van der Waals surface area contributed by atoms with Crippen LogP contribution in [0, 0.1) is 6.92 Å². The summed E-state index contributed by atoms with van der Waals surface area (Å²) in [5, 5.41) is 3.96. The van der Waals surface area contributed by atoms with E-state index in [4.69, 9.17) is 11.6 Å². The Labute approximate surface area is 152 Å². The highest BCUT2D eigenvalue weighted by molar-refractivity contribution is 9.10. The van der Waals surface area contributed by atoms with E-state index in [0.29, 0.717) is 15.1 Å². The van der Waals surface area contributed by atoms with Crippen molar-refractivity contribution >= 4 is 62.1 Å². The van der Waals surface area contributed by atoms with Gasteiger partial charge < -0.3 is 5.32 Å². The van der Waals surface area contributed by atoms with E-state index in [0.717, 1.165) is 21.3 Å². The van der Waals surface area contributed by atoms with Crippen LogP contribution in [0.15, 0.2) is 56.8 Å². The highest BCUT2D eigenvalue weighted by Gasteiger charge is 2.24. The van der Waals surface area contributed by atoms with Gasteiger partial charge in [0.1, 0.15) is 0 Å². The molecular weight excluding hydrogens is 396 g/mol. The molecule has 1 amide bonds. The molecule has 6 heteroatoms. The molecular formula is C17H12BrClN2OS. The normalized spacial score (nSPS) is 17.8. The average molecular weight is 408 g/mol. The van der Waals surface area contributed by atoms with Crippen molar-refractivity contribution in [3.63, 3.8) is 0 Å². The monoisotopic (exact) mass is 406 g/mol. The molecule has 3 rings (SSSR count). The Morgan fingerprint density at radius 1 is 1.26 bits per heavy atom. The third kappa shape index (κ3) is 4.05. The van der Waals surface area contributed by atoms with E-state index in [1.807, 2.05) is 49.4 Å². The Morgan fingerprint density at radius 3 is 2.87 bits per heavy atom. The fourth-order valence-electron chi connectivity index (χ4n) is 2.04. The van der Waals surface area contributed by atoms with Crippen LogP contribution in [0.3, 0.4) is 0 Å². The second kappa shape index (κ2) is 6.91. The van der Waals surface area contributed by atoms with E-state index in [1.54, 1.807) is 6.07 Å². The number of carbonyl (C=O) groups excluding carboxylic acids is 1. The van der Waals surface area contributed by atoms with E-state index < -0.39 is 0 Å². The van der Waals surface area contributed by atoms with Crippen LogP contribution in [0.5, 0.6) is 0 Å². The summed E-state index contributed by atoms with van der Waals surface area (Å²) in [5.41, 5.74) is 2.71. The summed E-state index contributed by atoms with van der Waals surface area (Å²) in [6, 6.07) is 13.3. The zero-order valence-electron chi connectivity index (χ0n) is 12.1. The van der Waals surface area contributed by atoms with Crippen LogP contribution in [-0.2, 0) is 4.79 Å². The van der Waals surface area contributed by atoms with Gasteiger partial charge in [0, 0.05) is 9.50 Å². The molecule has 0 unspecified atom stereocenters. The molecule has 0 bridgehead atoms. The van der Waals surface area contributed by atoms with Gasteiger partial charge in [0.2, 0.25) is 0 Å². The van der Waals surface area contributed by atoms with Crippen molar-refractivity contribution in [2.24, 2.45) is 4.99 Å². The highest BCUT2D eigenvalue weighted by Crippen LogP contribution is 2.30. The van der Waals surface area contributed by atoms with Crippen molar-refractivity contribution in [3.8, 4) is 0 Å². The minimum absolute atomic E-state index is 0.145. The summed E-state index contributed by atoms with van der Waals surface area (Å²) >= 11 is 10.7. The van der Waals surface area contributed by atoms with Crippen LogP contribution in [0.25, 0.3) is 6.08 Å². The minimum Gasteiger partial charge on any atom is -0.300 e. The molecule has 0 atom stereocenters. The molecule has 1 fully saturated rings. The average Bonchev–Trinajstić information content (AvgIpc) is 2.83. The van der Waals surface area contributed by atoms with Gasteiger partial charge in [0.05, 0.1) is 10.6 Å². The zero-order chi connectivity index (χ0) is 16.4. The van der Waals surface area contributed by atoms with Crippen LogP contribution < -0.4 is 5.32 Å². The lowest BCUT2D eigenvalue weighted by Crippen LogP contribution is -2.19. The van der Waals surface area contributed by atoms with E-state index in [9.17, 15) is 4.79 Å². The third-order valence-electron chi connectivity index (χ3n) is 3.19. The van der Waals surface area contributed by atoms with Gasteiger partial charge in [-0.3, -0.25) is 4.79 Å². The predicted octanol–water partition coefficient (Wildman–Crippen LogP) is 5.30. The fraction of sp³-hybridized carbons (Fsp3) is 0.0588. The number of hydrogen-bond donors (Lipinski definition) is 1. The first-order valence-corrected chi connectivity index (χ1v) is 8.81. The maximum Gasteiger partial charge on any atom is 0.264 e. The quantitative estimate of drug-likeness (QED) is 0.686. The molecule has 1 aliphatic heterocycles. The lowest BCUT2D eigenvalue weighted by Gasteiger charge is -2.01. The summed E-state index contributed by atoms with van der Waals surface area (Å²) in [7, 11) is 0. The molecule has 0 aliphatic carbocycles. The zero-order valence-corrected chi connectivity index (χ0v) is 15.3. The lowest BCUT2D eigenvalue weighted by atomic mass is 10.2. The second-order valence-corrected chi connectivity index (χ2v) is 7.35. The number of amides is 1. The molecule has 1 heterocycles. The summed E-state index contributed by atoms with van der Waals surface area (Å²) in [4.78, 5) is 17.2. The maximum atomic E-state index is 12.1. The van der Waals surface area contributed by atoms with Gasteiger partial charge in [-0.2, -0.15) is 0 Å². The highest BCUT2D eigenvalue weighted by atomic mass is 79.9. The number of halogens is 2. The first-order chi connectivity index (χ1) is 11.0. The number of nitrogens with zero attached hydrogens (tertiary/aromatic N) is 1. The van der Waals surface area contributed by atoms with Crippen molar-refractivity contribution in [3.05, 3.63) is 68.0 Å². The smallest absolute Gasteiger partial charge is 0.264 e. The number of nitrogens with one attached hydrogen (secondary N) is 1. The summed E-state index contributed by atoms with van der Waals surface area (Å²) in [5.74, 6) is -0.145. The molecule has 1 aliphatic rings. The molecule has 2 aromatic rings. The molecule has 23 heavy (non-hydrogen) atoms. The van der Waals surface area contributed by atoms with Gasteiger partial charge in [0.15, 0.2) is 5.17 Å². The van der Waals surface area contributed by atoms with Crippen molar-refractivity contribution in [1.29, 1.82) is 0 Å². The standard InChI is InChI=1S/C17H12BrClN2OS/c1-10-5-6-13(19)9-14(10)20-17-21-16(22)15(23-17)8-11-3-2-4-12(18)7-11/h2-9H,1H3,(H,20,21,22)/b15-8-. The molecule has 1 N–H and O–H groups in total. The van der Waals surface area contributed by atoms with Gasteiger partial charge in [-0.1, -0.05) is 45.7 Å². The summed E-state index contributed by atoms with van der Waals surface area (Å²) < 4.78 is 0.971. The Kier molecular flexibility index (Phi) is 4.90.